The van der Waals surface area contributed by atoms with Gasteiger partial charge in [0, 0.05) is 55.0 Å². The zero-order chi connectivity index (χ0) is 26.5. The van der Waals surface area contributed by atoms with E-state index in [4.69, 9.17) is 4.74 Å². The van der Waals surface area contributed by atoms with Crippen LogP contribution in [0.2, 0.25) is 0 Å². The van der Waals surface area contributed by atoms with E-state index in [1.165, 1.54) is 11.3 Å². The van der Waals surface area contributed by atoms with E-state index >= 15 is 0 Å². The zero-order valence-corrected chi connectivity index (χ0v) is 21.9. The van der Waals surface area contributed by atoms with Gasteiger partial charge < -0.3 is 9.64 Å². The predicted molar refractivity (Wildman–Crippen MR) is 144 cm³/mol. The van der Waals surface area contributed by atoms with Gasteiger partial charge in [-0.05, 0) is 44.5 Å². The number of rotatable bonds is 8. The predicted octanol–water partition coefficient (Wildman–Crippen LogP) is 4.31. The van der Waals surface area contributed by atoms with E-state index in [2.05, 4.69) is 30.7 Å². The van der Waals surface area contributed by atoms with Crippen LogP contribution in [0.4, 0.5) is 16.4 Å². The second-order valence-corrected chi connectivity index (χ2v) is 9.78. The number of nitrogens with zero attached hydrogens (tertiary/aromatic N) is 6. The minimum absolute atomic E-state index is 0.00158. The fourth-order valence-electron chi connectivity index (χ4n) is 4.26. The SMILES string of the molecule is CCn1nc(C)cc1C(=O)N1CCC(COc2cccc(NC(=O)Nc3csc(-c4ccncc4)n3)n2)C1. The number of pyridine rings is 2. The van der Waals surface area contributed by atoms with Crippen LogP contribution in [0.3, 0.4) is 0 Å². The zero-order valence-electron chi connectivity index (χ0n) is 21.1. The molecule has 38 heavy (non-hydrogen) atoms. The first-order valence-electron chi connectivity index (χ1n) is 12.4. The van der Waals surface area contributed by atoms with Crippen molar-refractivity contribution in [1.82, 2.24) is 29.6 Å². The monoisotopic (exact) mass is 532 g/mol. The van der Waals surface area contributed by atoms with Gasteiger partial charge in [-0.2, -0.15) is 10.1 Å². The number of aryl methyl sites for hydroxylation is 2. The Kier molecular flexibility index (Phi) is 7.59. The summed E-state index contributed by atoms with van der Waals surface area (Å²) >= 11 is 1.43. The first kappa shape index (κ1) is 25.3. The minimum Gasteiger partial charge on any atom is -0.477 e. The van der Waals surface area contributed by atoms with Crippen LogP contribution >= 0.6 is 11.3 Å². The normalized spacial score (nSPS) is 14.9. The van der Waals surface area contributed by atoms with Crippen LogP contribution in [0, 0.1) is 12.8 Å². The van der Waals surface area contributed by atoms with E-state index in [-0.39, 0.29) is 11.8 Å². The molecular weight excluding hydrogens is 504 g/mol. The van der Waals surface area contributed by atoms with Gasteiger partial charge in [-0.3, -0.25) is 25.1 Å². The Hall–Kier alpha value is -4.32. The smallest absolute Gasteiger partial charge is 0.326 e. The second kappa shape index (κ2) is 11.4. The Labute approximate surface area is 223 Å². The van der Waals surface area contributed by atoms with Gasteiger partial charge in [-0.25, -0.2) is 9.78 Å². The number of ether oxygens (including phenoxy) is 1. The van der Waals surface area contributed by atoms with E-state index in [9.17, 15) is 9.59 Å². The van der Waals surface area contributed by atoms with Crippen LogP contribution in [0.5, 0.6) is 5.88 Å². The molecule has 0 spiro atoms. The Morgan fingerprint density at radius 1 is 1.13 bits per heavy atom. The van der Waals surface area contributed by atoms with Crippen molar-refractivity contribution in [2.75, 3.05) is 30.3 Å². The maximum absolute atomic E-state index is 13.0. The molecule has 4 aromatic heterocycles. The lowest BCUT2D eigenvalue weighted by molar-refractivity contribution is 0.0770. The van der Waals surface area contributed by atoms with Gasteiger partial charge in [0.05, 0.1) is 12.3 Å². The average Bonchev–Trinajstić information content (AvgIpc) is 3.68. The number of thiazole rings is 1. The van der Waals surface area contributed by atoms with E-state index in [0.29, 0.717) is 49.5 Å². The van der Waals surface area contributed by atoms with E-state index in [0.717, 1.165) is 22.7 Å². The van der Waals surface area contributed by atoms with Crippen molar-refractivity contribution in [3.8, 4) is 16.5 Å². The third kappa shape index (κ3) is 5.97. The van der Waals surface area contributed by atoms with Gasteiger partial charge in [0.25, 0.3) is 5.91 Å². The van der Waals surface area contributed by atoms with Gasteiger partial charge in [-0.15, -0.1) is 11.3 Å². The number of amides is 3. The molecule has 4 aromatic rings. The van der Waals surface area contributed by atoms with Crippen molar-refractivity contribution in [2.45, 2.75) is 26.8 Å². The molecule has 5 rings (SSSR count). The third-order valence-corrected chi connectivity index (χ3v) is 6.99. The molecule has 0 aliphatic carbocycles. The van der Waals surface area contributed by atoms with Gasteiger partial charge in [-0.1, -0.05) is 6.07 Å². The van der Waals surface area contributed by atoms with Crippen molar-refractivity contribution in [3.63, 3.8) is 0 Å². The average molecular weight is 533 g/mol. The quantitative estimate of drug-likeness (QED) is 0.346. The molecule has 0 saturated carbocycles. The molecule has 5 heterocycles. The number of carbonyl (C=O) groups is 2. The summed E-state index contributed by atoms with van der Waals surface area (Å²) in [6.07, 6.45) is 4.24. The number of aromatic nitrogens is 5. The molecular formula is C26H28N8O3S. The highest BCUT2D eigenvalue weighted by Crippen LogP contribution is 2.25. The summed E-state index contributed by atoms with van der Waals surface area (Å²) in [4.78, 5) is 40.1. The molecule has 1 saturated heterocycles. The minimum atomic E-state index is -0.451. The summed E-state index contributed by atoms with van der Waals surface area (Å²) in [6, 6.07) is 10.3. The summed E-state index contributed by atoms with van der Waals surface area (Å²) < 4.78 is 7.66. The maximum atomic E-state index is 13.0. The van der Waals surface area contributed by atoms with Crippen LogP contribution in [0.15, 0.2) is 54.2 Å². The van der Waals surface area contributed by atoms with Gasteiger partial charge in [0.1, 0.15) is 22.3 Å². The Balaban J connectivity index is 1.11. The first-order chi connectivity index (χ1) is 18.5. The molecule has 1 aliphatic heterocycles. The van der Waals surface area contributed by atoms with Crippen LogP contribution < -0.4 is 15.4 Å². The number of carbonyl (C=O) groups excluding carboxylic acids is 2. The molecule has 0 bridgehead atoms. The third-order valence-electron chi connectivity index (χ3n) is 6.10. The maximum Gasteiger partial charge on any atom is 0.326 e. The number of nitrogens with one attached hydrogen (secondary N) is 2. The van der Waals surface area contributed by atoms with Crippen molar-refractivity contribution >= 4 is 34.9 Å². The highest BCUT2D eigenvalue weighted by Gasteiger charge is 2.29. The summed E-state index contributed by atoms with van der Waals surface area (Å²) in [5, 5.41) is 12.4. The van der Waals surface area contributed by atoms with Crippen LogP contribution in [0.25, 0.3) is 10.6 Å². The summed E-state index contributed by atoms with van der Waals surface area (Å²) in [5.74, 6) is 1.40. The lowest BCUT2D eigenvalue weighted by Gasteiger charge is -2.17. The molecule has 0 radical (unpaired) electrons. The van der Waals surface area contributed by atoms with Crippen molar-refractivity contribution < 1.29 is 14.3 Å². The fourth-order valence-corrected chi connectivity index (χ4v) is 5.02. The molecule has 1 atom stereocenters. The second-order valence-electron chi connectivity index (χ2n) is 8.92. The molecule has 1 unspecified atom stereocenters. The molecule has 1 fully saturated rings. The molecule has 2 N–H and O–H groups in total. The Morgan fingerprint density at radius 2 is 1.95 bits per heavy atom. The van der Waals surface area contributed by atoms with Crippen LogP contribution in [0.1, 0.15) is 29.5 Å². The molecule has 12 heteroatoms. The van der Waals surface area contributed by atoms with Gasteiger partial charge in [0.2, 0.25) is 5.88 Å². The number of hydrogen-bond donors (Lipinski definition) is 2. The summed E-state index contributed by atoms with van der Waals surface area (Å²) in [6.45, 7) is 6.23. The summed E-state index contributed by atoms with van der Waals surface area (Å²) in [5.41, 5.74) is 2.39. The number of anilines is 2. The Morgan fingerprint density at radius 3 is 2.76 bits per heavy atom. The van der Waals surface area contributed by atoms with Crippen molar-refractivity contribution in [3.05, 3.63) is 65.6 Å². The van der Waals surface area contributed by atoms with E-state index in [1.807, 2.05) is 36.9 Å². The molecule has 1 aliphatic rings. The fraction of sp³-hybridized carbons (Fsp3) is 0.308. The molecule has 0 aromatic carbocycles. The Bertz CT molecular complexity index is 1420. The van der Waals surface area contributed by atoms with Crippen molar-refractivity contribution in [2.24, 2.45) is 5.92 Å². The largest absolute Gasteiger partial charge is 0.477 e. The number of urea groups is 1. The van der Waals surface area contributed by atoms with E-state index < -0.39 is 6.03 Å². The number of likely N-dealkylation sites (tertiary alicyclic amines) is 1. The first-order valence-corrected chi connectivity index (χ1v) is 13.2. The lowest BCUT2D eigenvalue weighted by Crippen LogP contribution is -2.31. The van der Waals surface area contributed by atoms with Crippen LogP contribution in [-0.2, 0) is 6.54 Å². The highest BCUT2D eigenvalue weighted by atomic mass is 32.1. The highest BCUT2D eigenvalue weighted by molar-refractivity contribution is 7.13. The molecule has 3 amide bonds. The van der Waals surface area contributed by atoms with Crippen LogP contribution in [-0.4, -0.2) is 61.3 Å². The van der Waals surface area contributed by atoms with Gasteiger partial charge in [0.15, 0.2) is 0 Å². The number of hydrogen-bond acceptors (Lipinski definition) is 8. The lowest BCUT2D eigenvalue weighted by atomic mass is 10.1. The van der Waals surface area contributed by atoms with Gasteiger partial charge >= 0.3 is 6.03 Å². The molecule has 11 nitrogen and oxygen atoms in total. The molecule has 196 valence electrons. The summed E-state index contributed by atoms with van der Waals surface area (Å²) in [7, 11) is 0. The van der Waals surface area contributed by atoms with E-state index in [1.54, 1.807) is 40.7 Å². The topological polar surface area (TPSA) is 127 Å². The van der Waals surface area contributed by atoms with Crippen molar-refractivity contribution in [1.29, 1.82) is 0 Å². The standard InChI is InChI=1S/C26H28N8O3S/c1-3-34-20(13-17(2)32-34)25(35)33-12-9-18(14-33)15-37-23-6-4-5-21(28-23)30-26(36)31-22-16-38-24(29-22)19-7-10-27-11-8-19/h4-8,10-11,13,16,18H,3,9,12,14-15H2,1-2H3,(H2,28,30,31,36).